The number of halogens is 6. The van der Waals surface area contributed by atoms with E-state index in [-0.39, 0.29) is 0 Å². The van der Waals surface area contributed by atoms with E-state index in [4.69, 9.17) is 0 Å². The molecule has 0 aromatic rings. The van der Waals surface area contributed by atoms with Crippen molar-refractivity contribution in [2.24, 2.45) is 0 Å². The summed E-state index contributed by atoms with van der Waals surface area (Å²) in [6.07, 6.45) is -4.69. The van der Waals surface area contributed by atoms with Gasteiger partial charge in [0.25, 0.3) is 4.76 Å². The number of ether oxygens (including phenoxy) is 1. The number of methoxy groups -OCH3 is 1. The van der Waals surface area contributed by atoms with Gasteiger partial charge in [0.2, 0.25) is 0 Å². The van der Waals surface area contributed by atoms with Gasteiger partial charge < -0.3 is 4.74 Å². The smallest absolute Gasteiger partial charge is 0.340 e. The molecule has 0 bridgehead atoms. The van der Waals surface area contributed by atoms with Gasteiger partial charge in [0.15, 0.2) is 4.83 Å². The van der Waals surface area contributed by atoms with Crippen LogP contribution in [0.15, 0.2) is 0 Å². The van der Waals surface area contributed by atoms with Gasteiger partial charge in [-0.3, -0.25) is 0 Å². The lowest BCUT2D eigenvalue weighted by Crippen LogP contribution is -2.40. The average Bonchev–Trinajstić information content (AvgIpc) is 1.84. The van der Waals surface area contributed by atoms with Crippen LogP contribution >= 0.6 is 31.9 Å². The highest BCUT2D eigenvalue weighted by Crippen LogP contribution is 2.40. The molecule has 0 aromatic carbocycles. The zero-order valence-electron chi connectivity index (χ0n) is 5.25. The van der Waals surface area contributed by atoms with Crippen LogP contribution in [0.25, 0.3) is 0 Å². The van der Waals surface area contributed by atoms with Gasteiger partial charge in [0, 0.05) is 7.11 Å². The van der Waals surface area contributed by atoms with Crippen molar-refractivity contribution in [1.29, 1.82) is 0 Å². The first-order valence-corrected chi connectivity index (χ1v) is 4.06. The van der Waals surface area contributed by atoms with Gasteiger partial charge in [-0.15, -0.1) is 0 Å². The molecular weight excluding hydrogens is 300 g/mol. The predicted octanol–water partition coefficient (Wildman–Crippen LogP) is 2.98. The Kier molecular flexibility index (Phi) is 3.78. The average molecular weight is 304 g/mol. The molecule has 0 N–H and O–H groups in total. The lowest BCUT2D eigenvalue weighted by atomic mass is 10.4. The molecule has 7 heteroatoms. The fourth-order valence-electron chi connectivity index (χ4n) is 0.294. The van der Waals surface area contributed by atoms with Crippen LogP contribution in [0.5, 0.6) is 0 Å². The highest BCUT2D eigenvalue weighted by atomic mass is 79.9. The van der Waals surface area contributed by atoms with Crippen molar-refractivity contribution in [3.63, 3.8) is 0 Å². The Hall–Kier alpha value is 0.640. The van der Waals surface area contributed by atoms with Gasteiger partial charge in [0.1, 0.15) is 0 Å². The molecule has 0 aliphatic heterocycles. The first-order chi connectivity index (χ1) is 4.72. The molecule has 11 heavy (non-hydrogen) atoms. The summed E-state index contributed by atoms with van der Waals surface area (Å²) in [5, 5.41) is 0. The molecule has 0 spiro atoms. The van der Waals surface area contributed by atoms with Gasteiger partial charge in [-0.2, -0.15) is 17.6 Å². The van der Waals surface area contributed by atoms with Crippen molar-refractivity contribution in [2.45, 2.75) is 15.8 Å². The molecule has 0 radical (unpaired) electrons. The summed E-state index contributed by atoms with van der Waals surface area (Å²) in [4.78, 5) is -2.38. The molecule has 0 saturated carbocycles. The van der Waals surface area contributed by atoms with Crippen LogP contribution in [0.2, 0.25) is 0 Å². The fourth-order valence-corrected chi connectivity index (χ4v) is 0.740. The number of hydrogen-bond donors (Lipinski definition) is 0. The third kappa shape index (κ3) is 3.25. The molecule has 0 aromatic heterocycles. The second kappa shape index (κ2) is 3.57. The monoisotopic (exact) mass is 302 g/mol. The molecule has 0 unspecified atom stereocenters. The number of alkyl halides is 6. The van der Waals surface area contributed by atoms with Gasteiger partial charge in [0.05, 0.1) is 0 Å². The first kappa shape index (κ1) is 11.6. The Morgan fingerprint density at radius 1 is 1.27 bits per heavy atom. The van der Waals surface area contributed by atoms with E-state index < -0.39 is 15.8 Å². The van der Waals surface area contributed by atoms with Gasteiger partial charge in [-0.1, -0.05) is 15.9 Å². The van der Waals surface area contributed by atoms with Gasteiger partial charge >= 0.3 is 6.18 Å². The highest BCUT2D eigenvalue weighted by Gasteiger charge is 2.52. The third-order valence-corrected chi connectivity index (χ3v) is 3.36. The van der Waals surface area contributed by atoms with Crippen molar-refractivity contribution in [2.75, 3.05) is 7.11 Å². The Morgan fingerprint density at radius 3 is 1.73 bits per heavy atom. The van der Waals surface area contributed by atoms with Crippen LogP contribution in [0, 0.1) is 0 Å². The second-order valence-electron chi connectivity index (χ2n) is 1.67. The molecule has 2 atom stereocenters. The molecule has 0 rings (SSSR count). The minimum Gasteiger partial charge on any atom is -0.340 e. The van der Waals surface area contributed by atoms with E-state index >= 15 is 0 Å². The Morgan fingerprint density at radius 2 is 1.64 bits per heavy atom. The van der Waals surface area contributed by atoms with Crippen LogP contribution in [-0.2, 0) is 4.74 Å². The predicted molar refractivity (Wildman–Crippen MR) is 38.5 cm³/mol. The summed E-state index contributed by atoms with van der Waals surface area (Å²) in [5.74, 6) is 0. The lowest BCUT2D eigenvalue weighted by Gasteiger charge is -2.23. The van der Waals surface area contributed by atoms with Gasteiger partial charge in [-0.05, 0) is 15.9 Å². The number of rotatable bonds is 2. The summed E-state index contributed by atoms with van der Waals surface area (Å²) in [6.45, 7) is 0. The van der Waals surface area contributed by atoms with Crippen LogP contribution in [-0.4, -0.2) is 22.9 Å². The van der Waals surface area contributed by atoms with E-state index in [9.17, 15) is 17.6 Å². The maximum absolute atomic E-state index is 12.6. The van der Waals surface area contributed by atoms with Crippen LogP contribution < -0.4 is 0 Å². The maximum Gasteiger partial charge on any atom is 0.407 e. The molecule has 68 valence electrons. The molecule has 0 saturated heterocycles. The molecular formula is C4H4Br2F4O. The normalized spacial score (nSPS) is 21.0. The van der Waals surface area contributed by atoms with E-state index in [0.717, 1.165) is 7.11 Å². The zero-order chi connectivity index (χ0) is 9.28. The summed E-state index contributed by atoms with van der Waals surface area (Å²) >= 11 is 4.23. The minimum absolute atomic E-state index is 0.828. The summed E-state index contributed by atoms with van der Waals surface area (Å²) in [7, 11) is 0.828. The summed E-state index contributed by atoms with van der Waals surface area (Å²) < 4.78 is 48.8. The van der Waals surface area contributed by atoms with Crippen molar-refractivity contribution in [3.05, 3.63) is 0 Å². The van der Waals surface area contributed by atoms with Crippen molar-refractivity contribution >= 4 is 31.9 Å². The topological polar surface area (TPSA) is 9.23 Å². The Labute approximate surface area is 77.3 Å². The first-order valence-electron chi connectivity index (χ1n) is 2.35. The van der Waals surface area contributed by atoms with E-state index in [1.807, 2.05) is 0 Å². The van der Waals surface area contributed by atoms with E-state index in [1.165, 1.54) is 0 Å². The molecule has 0 heterocycles. The molecule has 0 aliphatic rings. The second-order valence-corrected chi connectivity index (χ2v) is 3.67. The van der Waals surface area contributed by atoms with Crippen LogP contribution in [0.3, 0.4) is 0 Å². The van der Waals surface area contributed by atoms with Crippen LogP contribution in [0.4, 0.5) is 17.6 Å². The van der Waals surface area contributed by atoms with Gasteiger partial charge in [-0.25, -0.2) is 0 Å². The van der Waals surface area contributed by atoms with Crippen molar-refractivity contribution in [1.82, 2.24) is 0 Å². The van der Waals surface area contributed by atoms with E-state index in [1.54, 1.807) is 0 Å². The SMILES string of the molecule is CO[C@@](F)(Br)[C@H](Br)C(F)(F)F. The van der Waals surface area contributed by atoms with Crippen LogP contribution in [0.1, 0.15) is 0 Å². The molecule has 1 nitrogen and oxygen atoms in total. The lowest BCUT2D eigenvalue weighted by molar-refractivity contribution is -0.176. The summed E-state index contributed by atoms with van der Waals surface area (Å²) in [5.41, 5.74) is 0. The quantitative estimate of drug-likeness (QED) is 0.563. The highest BCUT2D eigenvalue weighted by molar-refractivity contribution is 9.12. The molecule has 0 aliphatic carbocycles. The molecule has 0 amide bonds. The fraction of sp³-hybridized carbons (Fsp3) is 1.00. The number of hydrogen-bond acceptors (Lipinski definition) is 1. The van der Waals surface area contributed by atoms with E-state index in [0.29, 0.717) is 0 Å². The summed E-state index contributed by atoms with van der Waals surface area (Å²) in [6, 6.07) is 0. The standard InChI is InChI=1S/C4H4Br2F4O/c1-11-3(6,7)2(5)4(8,9)10/h2H,1H3/t2-,3+/m0/s1. The van der Waals surface area contributed by atoms with E-state index in [2.05, 4.69) is 36.6 Å². The largest absolute Gasteiger partial charge is 0.407 e. The Bertz CT molecular complexity index is 135. The Balaban J connectivity index is 4.35. The molecule has 0 fully saturated rings. The van der Waals surface area contributed by atoms with Crippen molar-refractivity contribution < 1.29 is 22.3 Å². The maximum atomic E-state index is 12.6. The zero-order valence-corrected chi connectivity index (χ0v) is 8.43. The minimum atomic E-state index is -4.69. The third-order valence-electron chi connectivity index (χ3n) is 0.855. The van der Waals surface area contributed by atoms with Crippen molar-refractivity contribution in [3.8, 4) is 0 Å².